The Labute approximate surface area is 334 Å². The molecular formula is C41H50F2N6O7S. The zero-order chi connectivity index (χ0) is 41.2. The lowest BCUT2D eigenvalue weighted by Gasteiger charge is -2.34. The molecule has 3 unspecified atom stereocenters. The number of pyridine rings is 1. The number of methoxy groups -OCH3 is 1. The number of hydrogen-bond acceptors (Lipinski definition) is 11. The van der Waals surface area contributed by atoms with E-state index in [1.54, 1.807) is 41.0 Å². The minimum absolute atomic E-state index is 0.0101. The summed E-state index contributed by atoms with van der Waals surface area (Å²) in [5, 5.41) is 17.3. The molecule has 2 aliphatic heterocycles. The molecule has 0 bridgehead atoms. The second kappa shape index (κ2) is 15.0. The molecule has 6 atom stereocenters. The number of nitrogens with zero attached hydrogens (tertiary/aromatic N) is 4. The third kappa shape index (κ3) is 7.64. The van der Waals surface area contributed by atoms with E-state index < -0.39 is 58.8 Å². The van der Waals surface area contributed by atoms with E-state index in [4.69, 9.17) is 24.2 Å². The molecule has 2 fully saturated rings. The lowest BCUT2D eigenvalue weighted by molar-refractivity contribution is -0.153. The molecule has 2 amide bonds. The Kier molecular flexibility index (Phi) is 10.7. The fourth-order valence-electron chi connectivity index (χ4n) is 8.22. The molecule has 0 spiro atoms. The number of esters is 1. The summed E-state index contributed by atoms with van der Waals surface area (Å²) in [7, 11) is 1.69. The van der Waals surface area contributed by atoms with Gasteiger partial charge in [-0.05, 0) is 76.3 Å². The van der Waals surface area contributed by atoms with Crippen LogP contribution in [0.1, 0.15) is 76.9 Å². The van der Waals surface area contributed by atoms with Gasteiger partial charge in [0.25, 0.3) is 11.8 Å². The van der Waals surface area contributed by atoms with Gasteiger partial charge in [-0.3, -0.25) is 19.6 Å². The minimum atomic E-state index is -3.16. The van der Waals surface area contributed by atoms with E-state index in [1.807, 2.05) is 31.4 Å². The molecule has 3 aromatic heterocycles. The lowest BCUT2D eigenvalue weighted by atomic mass is 9.83. The second-order valence-electron chi connectivity index (χ2n) is 16.9. The summed E-state index contributed by atoms with van der Waals surface area (Å²) in [4.78, 5) is 49.5. The van der Waals surface area contributed by atoms with Gasteiger partial charge in [0, 0.05) is 60.3 Å². The van der Waals surface area contributed by atoms with E-state index in [0.29, 0.717) is 17.1 Å². The number of halogens is 2. The molecule has 3 aliphatic rings. The van der Waals surface area contributed by atoms with Crippen LogP contribution in [0.2, 0.25) is 0 Å². The highest BCUT2D eigenvalue weighted by Gasteiger charge is 2.75. The van der Waals surface area contributed by atoms with E-state index in [-0.39, 0.29) is 38.3 Å². The maximum atomic E-state index is 14.8. The Morgan fingerprint density at radius 3 is 2.61 bits per heavy atom. The number of aliphatic hydroxyl groups excluding tert-OH is 1. The third-order valence-electron chi connectivity index (χ3n) is 11.0. The first-order valence-electron chi connectivity index (χ1n) is 19.2. The molecule has 57 heavy (non-hydrogen) atoms. The molecular weight excluding hydrogens is 759 g/mol. The Hall–Kier alpha value is -4.51. The van der Waals surface area contributed by atoms with Crippen LogP contribution in [0.5, 0.6) is 0 Å². The van der Waals surface area contributed by atoms with Gasteiger partial charge in [0.1, 0.15) is 23.8 Å². The van der Waals surface area contributed by atoms with Crippen molar-refractivity contribution in [3.63, 3.8) is 0 Å². The van der Waals surface area contributed by atoms with Crippen LogP contribution in [0.3, 0.4) is 0 Å². The van der Waals surface area contributed by atoms with Crippen molar-refractivity contribution in [3.8, 4) is 22.5 Å². The summed E-state index contributed by atoms with van der Waals surface area (Å²) in [6.45, 7) is 12.4. The highest BCUT2D eigenvalue weighted by Crippen LogP contribution is 2.59. The highest BCUT2D eigenvalue weighted by molar-refractivity contribution is 7.10. The number of alkyl carbamates (subject to hydrolysis) is 1. The molecule has 0 radical (unpaired) electrons. The first-order valence-corrected chi connectivity index (χ1v) is 20.1. The van der Waals surface area contributed by atoms with E-state index in [9.17, 15) is 28.3 Å². The van der Waals surface area contributed by atoms with E-state index >= 15 is 0 Å². The highest BCUT2D eigenvalue weighted by atomic mass is 32.1. The van der Waals surface area contributed by atoms with Gasteiger partial charge >= 0.3 is 12.1 Å². The fraction of sp³-hybridized carbons (Fsp3) is 0.537. The zero-order valence-corrected chi connectivity index (χ0v) is 34.2. The van der Waals surface area contributed by atoms with Gasteiger partial charge in [-0.2, -0.15) is 0 Å². The predicted molar refractivity (Wildman–Crippen MR) is 209 cm³/mol. The Balaban J connectivity index is 1.22. The Morgan fingerprint density at radius 1 is 1.18 bits per heavy atom. The van der Waals surface area contributed by atoms with Crippen molar-refractivity contribution < 1.29 is 42.5 Å². The summed E-state index contributed by atoms with van der Waals surface area (Å²) in [6.07, 6.45) is 1.15. The smallest absolute Gasteiger partial charge is 0.408 e. The summed E-state index contributed by atoms with van der Waals surface area (Å²) in [5.41, 5.74) is 7.77. The predicted octanol–water partition coefficient (Wildman–Crippen LogP) is 6.25. The SMILES string of the molecule is CCOC(=O)[C@H]1NN(C(=O)[C@H](Cc2nc(-c3ccc4c(c3)c(CC(C)(C)CO)c3n4C(C)[C@H](OC)c4ncccc4-3)cs2)NC(=O)OC(C)(C)C)CC2C1C2(F)F. The maximum Gasteiger partial charge on any atom is 0.408 e. The van der Waals surface area contributed by atoms with Gasteiger partial charge in [0.2, 0.25) is 0 Å². The average Bonchev–Trinajstić information content (AvgIpc) is 3.43. The van der Waals surface area contributed by atoms with Gasteiger partial charge in [0.05, 0.1) is 46.6 Å². The topological polar surface area (TPSA) is 157 Å². The summed E-state index contributed by atoms with van der Waals surface area (Å²) in [5.74, 6) is -7.28. The molecule has 16 heteroatoms. The van der Waals surface area contributed by atoms with Crippen molar-refractivity contribution in [2.45, 2.75) is 97.1 Å². The van der Waals surface area contributed by atoms with Crippen LogP contribution in [0.25, 0.3) is 33.4 Å². The lowest BCUT2D eigenvalue weighted by Crippen LogP contribution is -2.61. The number of ether oxygens (including phenoxy) is 3. The van der Waals surface area contributed by atoms with E-state index in [0.717, 1.165) is 44.0 Å². The maximum absolute atomic E-state index is 14.8. The van der Waals surface area contributed by atoms with Gasteiger partial charge in [-0.25, -0.2) is 24.0 Å². The van der Waals surface area contributed by atoms with Crippen molar-refractivity contribution in [3.05, 3.63) is 58.2 Å². The summed E-state index contributed by atoms with van der Waals surface area (Å²) < 4.78 is 48.4. The fourth-order valence-corrected chi connectivity index (χ4v) is 9.08. The van der Waals surface area contributed by atoms with Crippen molar-refractivity contribution in [1.29, 1.82) is 0 Å². The number of hydrazine groups is 1. The van der Waals surface area contributed by atoms with Crippen LogP contribution in [-0.2, 0) is 36.6 Å². The van der Waals surface area contributed by atoms with Crippen LogP contribution in [0, 0.1) is 17.3 Å². The number of hydrogen-bond donors (Lipinski definition) is 3. The van der Waals surface area contributed by atoms with Crippen molar-refractivity contribution in [1.82, 2.24) is 30.3 Å². The summed E-state index contributed by atoms with van der Waals surface area (Å²) >= 11 is 1.29. The number of carbonyl (C=O) groups is 3. The number of benzene rings is 1. The normalized spacial score (nSPS) is 22.9. The number of amides is 2. The molecule has 306 valence electrons. The van der Waals surface area contributed by atoms with Crippen LogP contribution in [0.4, 0.5) is 13.6 Å². The molecule has 1 aliphatic carbocycles. The number of aliphatic hydroxyl groups is 1. The Bertz CT molecular complexity index is 2200. The number of nitrogens with one attached hydrogen (secondary N) is 2. The molecule has 1 saturated carbocycles. The Morgan fingerprint density at radius 2 is 1.93 bits per heavy atom. The second-order valence-corrected chi connectivity index (χ2v) is 17.8. The van der Waals surface area contributed by atoms with E-state index in [2.05, 4.69) is 40.4 Å². The number of carbonyl (C=O) groups excluding carboxylic acids is 3. The van der Waals surface area contributed by atoms with Crippen molar-refractivity contribution in [2.75, 3.05) is 26.9 Å². The monoisotopic (exact) mass is 808 g/mol. The average molecular weight is 809 g/mol. The molecule has 5 heterocycles. The van der Waals surface area contributed by atoms with E-state index in [1.165, 1.54) is 11.3 Å². The van der Waals surface area contributed by atoms with Crippen LogP contribution in [0.15, 0.2) is 41.9 Å². The zero-order valence-electron chi connectivity index (χ0n) is 33.4. The number of alkyl halides is 2. The number of rotatable bonds is 11. The van der Waals surface area contributed by atoms with Gasteiger partial charge in [0.15, 0.2) is 0 Å². The van der Waals surface area contributed by atoms with Crippen LogP contribution >= 0.6 is 11.3 Å². The largest absolute Gasteiger partial charge is 0.465 e. The molecule has 3 N–H and O–H groups in total. The summed E-state index contributed by atoms with van der Waals surface area (Å²) in [6, 6.07) is 7.35. The minimum Gasteiger partial charge on any atom is -0.465 e. The number of fused-ring (bicyclic) bond motifs is 6. The first-order chi connectivity index (χ1) is 26.9. The molecule has 4 aromatic rings. The van der Waals surface area contributed by atoms with Gasteiger partial charge in [-0.15, -0.1) is 11.3 Å². The van der Waals surface area contributed by atoms with Crippen molar-refractivity contribution >= 4 is 40.2 Å². The van der Waals surface area contributed by atoms with Gasteiger partial charge < -0.3 is 29.2 Å². The van der Waals surface area contributed by atoms with Crippen LogP contribution in [-0.4, -0.2) is 93.1 Å². The molecule has 13 nitrogen and oxygen atoms in total. The van der Waals surface area contributed by atoms with Gasteiger partial charge in [-0.1, -0.05) is 19.9 Å². The quantitative estimate of drug-likeness (QED) is 0.148. The third-order valence-corrected chi connectivity index (χ3v) is 11.8. The molecule has 7 rings (SSSR count). The standard InChI is InChI=1S/C41H50F2N6O7S/c1-9-55-37(52)33-31-26(41(31,42)43)18-48(47-33)36(51)27(46-38(53)56-39(3,4)5)16-30-45-28(19-57-30)22-12-13-29-24(15-22)25(17-40(6,7)20-50)34-23-11-10-14-44-32(23)35(54-8)21(2)49(29)34/h10-15,19,21,26-27,31,33,35,47,50H,9,16-18,20H2,1-8H3,(H,46,53)/t21?,26?,27-,31?,33-,35-/m0/s1. The molecule has 1 saturated heterocycles. The number of thiazole rings is 1. The van der Waals surface area contributed by atoms with Crippen LogP contribution < -0.4 is 10.7 Å². The number of aromatic nitrogens is 3. The molecule has 1 aromatic carbocycles. The van der Waals surface area contributed by atoms with Crippen molar-refractivity contribution in [2.24, 2.45) is 17.3 Å². The first kappa shape index (κ1) is 40.7.